The molecule has 4 rings (SSSR count). The first-order valence-electron chi connectivity index (χ1n) is 10.9. The highest BCUT2D eigenvalue weighted by Crippen LogP contribution is 2.21. The number of aliphatic hydroxyl groups excluding tert-OH is 1. The number of aromatic nitrogens is 4. The van der Waals surface area contributed by atoms with Crippen LogP contribution in [0.1, 0.15) is 12.5 Å². The average molecular weight is 443 g/mol. The van der Waals surface area contributed by atoms with Crippen molar-refractivity contribution < 1.29 is 9.84 Å². The van der Waals surface area contributed by atoms with Gasteiger partial charge in [0.1, 0.15) is 18.5 Å². The summed E-state index contributed by atoms with van der Waals surface area (Å²) >= 11 is 0. The van der Waals surface area contributed by atoms with Crippen molar-refractivity contribution >= 4 is 17.1 Å². The van der Waals surface area contributed by atoms with E-state index in [-0.39, 0.29) is 13.2 Å². The molecule has 0 spiro atoms. The third-order valence-corrected chi connectivity index (χ3v) is 5.87. The Kier molecular flexibility index (Phi) is 6.33. The Bertz CT molecular complexity index is 1220. The molecule has 1 aromatic carbocycles. The van der Waals surface area contributed by atoms with Crippen molar-refractivity contribution in [1.29, 1.82) is 0 Å². The van der Waals surface area contributed by atoms with Gasteiger partial charge in [-0.1, -0.05) is 19.1 Å². The highest BCUT2D eigenvalue weighted by molar-refractivity contribution is 5.74. The zero-order chi connectivity index (χ0) is 22.8. The van der Waals surface area contributed by atoms with Crippen LogP contribution in [-0.4, -0.2) is 62.7 Å². The molecule has 172 valence electrons. The fourth-order valence-corrected chi connectivity index (χ4v) is 4.03. The van der Waals surface area contributed by atoms with Crippen molar-refractivity contribution in [2.75, 3.05) is 37.7 Å². The van der Waals surface area contributed by atoms with Gasteiger partial charge in [0.25, 0.3) is 5.56 Å². The third-order valence-electron chi connectivity index (χ3n) is 5.87. The maximum Gasteiger partial charge on any atom is 0.332 e. The minimum atomic E-state index is -0.874. The number of hydrogen-bond donors (Lipinski definition) is 2. The van der Waals surface area contributed by atoms with Gasteiger partial charge in [-0.05, 0) is 24.1 Å². The van der Waals surface area contributed by atoms with Crippen LogP contribution in [0.25, 0.3) is 11.2 Å². The molecular formula is C22H30N6O4. The lowest BCUT2D eigenvalue weighted by Gasteiger charge is -2.29. The molecular weight excluding hydrogens is 412 g/mol. The molecule has 2 aromatic heterocycles. The van der Waals surface area contributed by atoms with E-state index in [1.807, 2.05) is 24.3 Å². The number of anilines is 1. The molecule has 2 N–H and O–H groups in total. The zero-order valence-electron chi connectivity index (χ0n) is 18.7. The summed E-state index contributed by atoms with van der Waals surface area (Å²) in [4.78, 5) is 32.1. The van der Waals surface area contributed by atoms with Gasteiger partial charge in [0.05, 0.1) is 6.54 Å². The summed E-state index contributed by atoms with van der Waals surface area (Å²) in [5.41, 5.74) is 0.910. The number of nitrogens with one attached hydrogen (secondary N) is 1. The Labute approximate surface area is 185 Å². The van der Waals surface area contributed by atoms with Crippen LogP contribution < -0.4 is 26.2 Å². The van der Waals surface area contributed by atoms with Gasteiger partial charge in [0.2, 0.25) is 5.95 Å². The maximum absolute atomic E-state index is 13.0. The van der Waals surface area contributed by atoms with E-state index in [1.165, 1.54) is 11.6 Å². The van der Waals surface area contributed by atoms with Gasteiger partial charge in [0, 0.05) is 40.3 Å². The van der Waals surface area contributed by atoms with Gasteiger partial charge in [-0.2, -0.15) is 4.98 Å². The summed E-state index contributed by atoms with van der Waals surface area (Å²) < 4.78 is 9.97. The Hall–Kier alpha value is -3.11. The van der Waals surface area contributed by atoms with Crippen LogP contribution in [0.5, 0.6) is 5.75 Å². The lowest BCUT2D eigenvalue weighted by atomic mass is 10.2. The van der Waals surface area contributed by atoms with E-state index >= 15 is 0 Å². The maximum atomic E-state index is 13.0. The molecule has 0 amide bonds. The lowest BCUT2D eigenvalue weighted by molar-refractivity contribution is 0.0935. The molecule has 1 aliphatic rings. The molecule has 0 radical (unpaired) electrons. The van der Waals surface area contributed by atoms with Crippen molar-refractivity contribution in [3.63, 3.8) is 0 Å². The van der Waals surface area contributed by atoms with E-state index in [4.69, 9.17) is 4.74 Å². The van der Waals surface area contributed by atoms with Crippen LogP contribution in [0, 0.1) is 0 Å². The quantitative estimate of drug-likeness (QED) is 0.524. The molecule has 3 aromatic rings. The predicted molar refractivity (Wildman–Crippen MR) is 123 cm³/mol. The van der Waals surface area contributed by atoms with Crippen LogP contribution in [0.4, 0.5) is 5.95 Å². The van der Waals surface area contributed by atoms with E-state index in [2.05, 4.69) is 22.1 Å². The third kappa shape index (κ3) is 4.15. The van der Waals surface area contributed by atoms with Crippen molar-refractivity contribution in [2.24, 2.45) is 14.1 Å². The number of aliphatic hydroxyl groups is 1. The summed E-state index contributed by atoms with van der Waals surface area (Å²) in [6.07, 6.45) is 0.0258. The molecule has 1 aliphatic heterocycles. The minimum absolute atomic E-state index is 0.0694. The van der Waals surface area contributed by atoms with E-state index in [9.17, 15) is 14.7 Å². The molecule has 1 fully saturated rings. The second-order valence-electron chi connectivity index (χ2n) is 8.10. The highest BCUT2D eigenvalue weighted by Gasteiger charge is 2.25. The van der Waals surface area contributed by atoms with Gasteiger partial charge in [0.15, 0.2) is 11.2 Å². The molecule has 3 heterocycles. The Balaban J connectivity index is 1.67. The second kappa shape index (κ2) is 9.17. The topological polar surface area (TPSA) is 107 Å². The minimum Gasteiger partial charge on any atom is -0.491 e. The van der Waals surface area contributed by atoms with Crippen molar-refractivity contribution in [1.82, 2.24) is 24.0 Å². The summed E-state index contributed by atoms with van der Waals surface area (Å²) in [5, 5.41) is 14.1. The monoisotopic (exact) mass is 442 g/mol. The van der Waals surface area contributed by atoms with Gasteiger partial charge >= 0.3 is 5.69 Å². The molecule has 1 unspecified atom stereocenters. The van der Waals surface area contributed by atoms with Gasteiger partial charge in [-0.15, -0.1) is 0 Å². The SMILES string of the molecule is CCc1cccc(OCC(O)Cn2c(N3CCNCC3)nc3c2c(=O)n(C)c(=O)n3C)c1. The Morgan fingerprint density at radius 1 is 1.19 bits per heavy atom. The summed E-state index contributed by atoms with van der Waals surface area (Å²) in [7, 11) is 3.05. The number of fused-ring (bicyclic) bond motifs is 1. The zero-order valence-corrected chi connectivity index (χ0v) is 18.7. The largest absolute Gasteiger partial charge is 0.491 e. The standard InChI is InChI=1S/C22H30N6O4/c1-4-15-6-5-7-17(12-15)32-14-16(29)13-28-18-19(25(2)22(31)26(3)20(18)30)24-21(28)27-10-8-23-9-11-27/h5-7,12,16,23,29H,4,8-11,13-14H2,1-3H3. The van der Waals surface area contributed by atoms with Crippen LogP contribution in [0.3, 0.4) is 0 Å². The molecule has 1 atom stereocenters. The molecule has 0 bridgehead atoms. The number of benzene rings is 1. The van der Waals surface area contributed by atoms with Gasteiger partial charge in [-0.25, -0.2) is 4.79 Å². The number of aryl methyl sites for hydroxylation is 2. The van der Waals surface area contributed by atoms with Crippen molar-refractivity contribution in [2.45, 2.75) is 26.0 Å². The number of imidazole rings is 1. The number of rotatable bonds is 7. The summed E-state index contributed by atoms with van der Waals surface area (Å²) in [5.74, 6) is 1.27. The molecule has 0 aliphatic carbocycles. The van der Waals surface area contributed by atoms with Crippen LogP contribution in [0.15, 0.2) is 33.9 Å². The fraction of sp³-hybridized carbons (Fsp3) is 0.500. The number of ether oxygens (including phenoxy) is 1. The van der Waals surface area contributed by atoms with Crippen LogP contribution in [0.2, 0.25) is 0 Å². The molecule has 1 saturated heterocycles. The van der Waals surface area contributed by atoms with E-state index in [1.54, 1.807) is 11.6 Å². The first-order chi connectivity index (χ1) is 15.4. The number of nitrogens with zero attached hydrogens (tertiary/aromatic N) is 5. The molecule has 32 heavy (non-hydrogen) atoms. The van der Waals surface area contributed by atoms with Crippen LogP contribution >= 0.6 is 0 Å². The van der Waals surface area contributed by atoms with Crippen LogP contribution in [-0.2, 0) is 27.1 Å². The second-order valence-corrected chi connectivity index (χ2v) is 8.10. The molecule has 10 heteroatoms. The average Bonchev–Trinajstić information content (AvgIpc) is 3.20. The van der Waals surface area contributed by atoms with E-state index < -0.39 is 17.4 Å². The molecule has 10 nitrogen and oxygen atoms in total. The van der Waals surface area contributed by atoms with E-state index in [0.717, 1.165) is 29.6 Å². The number of piperazine rings is 1. The van der Waals surface area contributed by atoms with Crippen molar-refractivity contribution in [3.05, 3.63) is 50.7 Å². The normalized spacial score (nSPS) is 15.3. The summed E-state index contributed by atoms with van der Waals surface area (Å²) in [6.45, 7) is 5.28. The highest BCUT2D eigenvalue weighted by atomic mass is 16.5. The first kappa shape index (κ1) is 22.1. The lowest BCUT2D eigenvalue weighted by Crippen LogP contribution is -2.45. The summed E-state index contributed by atoms with van der Waals surface area (Å²) in [6, 6.07) is 7.77. The first-order valence-corrected chi connectivity index (χ1v) is 10.9. The Morgan fingerprint density at radius 2 is 1.94 bits per heavy atom. The van der Waals surface area contributed by atoms with Crippen molar-refractivity contribution in [3.8, 4) is 5.75 Å². The van der Waals surface area contributed by atoms with Gasteiger partial charge in [-0.3, -0.25) is 13.9 Å². The van der Waals surface area contributed by atoms with Gasteiger partial charge < -0.3 is 24.6 Å². The Morgan fingerprint density at radius 3 is 2.66 bits per heavy atom. The fourth-order valence-electron chi connectivity index (χ4n) is 4.03. The molecule has 0 saturated carbocycles. The number of hydrogen-bond acceptors (Lipinski definition) is 7. The predicted octanol–water partition coefficient (Wildman–Crippen LogP) is -0.154. The smallest absolute Gasteiger partial charge is 0.332 e. The van der Waals surface area contributed by atoms with E-state index in [0.29, 0.717) is 36.0 Å².